The Bertz CT molecular complexity index is 555. The highest BCUT2D eigenvalue weighted by molar-refractivity contribution is 5.94. The first-order chi connectivity index (χ1) is 7.77. The van der Waals surface area contributed by atoms with Crippen molar-refractivity contribution in [2.24, 2.45) is 0 Å². The standard InChI is InChI=1S/C10H10N4O2/c15-10(16)6-4-11-13-9(6)8-5-2-1-3-7(5)12-14-8/h4H,1-3H2,(H,11,13)(H,12,14)(H,15,16). The lowest BCUT2D eigenvalue weighted by molar-refractivity contribution is 0.0698. The molecule has 82 valence electrons. The number of aromatic carboxylic acids is 1. The number of aromatic amines is 2. The molecule has 0 spiro atoms. The number of aromatic nitrogens is 4. The number of carboxylic acid groups (broad SMARTS) is 1. The van der Waals surface area contributed by atoms with Crippen LogP contribution in [0, 0.1) is 0 Å². The van der Waals surface area contributed by atoms with E-state index in [4.69, 9.17) is 5.11 Å². The van der Waals surface area contributed by atoms with E-state index in [2.05, 4.69) is 20.4 Å². The van der Waals surface area contributed by atoms with Gasteiger partial charge in [-0.05, 0) is 19.3 Å². The molecule has 3 rings (SSSR count). The summed E-state index contributed by atoms with van der Waals surface area (Å²) in [5.41, 5.74) is 3.59. The molecule has 0 aromatic carbocycles. The van der Waals surface area contributed by atoms with Crippen molar-refractivity contribution in [1.29, 1.82) is 0 Å². The van der Waals surface area contributed by atoms with E-state index in [1.807, 2.05) is 0 Å². The molecule has 0 saturated carbocycles. The van der Waals surface area contributed by atoms with Gasteiger partial charge in [0.05, 0.1) is 6.20 Å². The predicted octanol–water partition coefficient (Wildman–Crippen LogP) is 0.987. The Balaban J connectivity index is 2.15. The number of rotatable bonds is 2. The van der Waals surface area contributed by atoms with Crippen LogP contribution in [0.4, 0.5) is 0 Å². The molecular formula is C10H10N4O2. The van der Waals surface area contributed by atoms with Gasteiger partial charge in [-0.15, -0.1) is 0 Å². The van der Waals surface area contributed by atoms with Crippen LogP contribution in [0.5, 0.6) is 0 Å². The summed E-state index contributed by atoms with van der Waals surface area (Å²) in [4.78, 5) is 11.0. The minimum atomic E-state index is -0.988. The zero-order valence-electron chi connectivity index (χ0n) is 8.45. The number of carbonyl (C=O) groups is 1. The summed E-state index contributed by atoms with van der Waals surface area (Å²) >= 11 is 0. The minimum absolute atomic E-state index is 0.168. The molecule has 2 heterocycles. The topological polar surface area (TPSA) is 94.7 Å². The lowest BCUT2D eigenvalue weighted by Gasteiger charge is -1.97. The third-order valence-electron chi connectivity index (χ3n) is 2.91. The SMILES string of the molecule is O=C(O)c1cn[nH]c1-c1n[nH]c2c1CCC2. The van der Waals surface area contributed by atoms with E-state index in [0.29, 0.717) is 11.4 Å². The second-order valence-electron chi connectivity index (χ2n) is 3.85. The molecule has 0 saturated heterocycles. The Morgan fingerprint density at radius 2 is 2.25 bits per heavy atom. The summed E-state index contributed by atoms with van der Waals surface area (Å²) in [6.07, 6.45) is 4.33. The molecule has 0 amide bonds. The zero-order valence-corrected chi connectivity index (χ0v) is 8.45. The normalized spacial score (nSPS) is 14.0. The molecule has 16 heavy (non-hydrogen) atoms. The van der Waals surface area contributed by atoms with Crippen molar-refractivity contribution in [1.82, 2.24) is 20.4 Å². The van der Waals surface area contributed by atoms with Gasteiger partial charge in [-0.2, -0.15) is 10.2 Å². The third kappa shape index (κ3) is 1.16. The zero-order chi connectivity index (χ0) is 11.1. The molecule has 1 aliphatic carbocycles. The number of nitrogens with zero attached hydrogens (tertiary/aromatic N) is 2. The Kier molecular flexibility index (Phi) is 1.82. The molecule has 0 unspecified atom stereocenters. The Morgan fingerprint density at radius 3 is 3.06 bits per heavy atom. The molecule has 0 atom stereocenters. The van der Waals surface area contributed by atoms with Crippen LogP contribution < -0.4 is 0 Å². The van der Waals surface area contributed by atoms with Crippen molar-refractivity contribution in [2.75, 3.05) is 0 Å². The summed E-state index contributed by atoms with van der Waals surface area (Å²) in [7, 11) is 0. The second-order valence-corrected chi connectivity index (χ2v) is 3.85. The minimum Gasteiger partial charge on any atom is -0.478 e. The van der Waals surface area contributed by atoms with Gasteiger partial charge in [0.25, 0.3) is 0 Å². The molecular weight excluding hydrogens is 208 g/mol. The molecule has 2 aromatic heterocycles. The highest BCUT2D eigenvalue weighted by Crippen LogP contribution is 2.30. The molecule has 0 bridgehead atoms. The molecule has 0 radical (unpaired) electrons. The molecule has 0 fully saturated rings. The second kappa shape index (κ2) is 3.19. The molecule has 0 aliphatic heterocycles. The summed E-state index contributed by atoms with van der Waals surface area (Å²) in [6.45, 7) is 0. The van der Waals surface area contributed by atoms with Crippen molar-refractivity contribution in [3.8, 4) is 11.4 Å². The first kappa shape index (κ1) is 9.14. The van der Waals surface area contributed by atoms with Crippen molar-refractivity contribution in [2.45, 2.75) is 19.3 Å². The molecule has 3 N–H and O–H groups in total. The van der Waals surface area contributed by atoms with E-state index in [0.717, 1.165) is 30.5 Å². The van der Waals surface area contributed by atoms with Crippen molar-refractivity contribution >= 4 is 5.97 Å². The summed E-state index contributed by atoms with van der Waals surface area (Å²) in [5, 5.41) is 22.6. The number of fused-ring (bicyclic) bond motifs is 1. The van der Waals surface area contributed by atoms with Crippen LogP contribution in [0.1, 0.15) is 28.0 Å². The van der Waals surface area contributed by atoms with Gasteiger partial charge in [0.1, 0.15) is 17.0 Å². The quantitative estimate of drug-likeness (QED) is 0.700. The maximum absolute atomic E-state index is 11.0. The average Bonchev–Trinajstić information content (AvgIpc) is 2.92. The Hall–Kier alpha value is -2.11. The summed E-state index contributed by atoms with van der Waals surface area (Å²) in [5.74, 6) is -0.988. The van der Waals surface area contributed by atoms with E-state index >= 15 is 0 Å². The maximum Gasteiger partial charge on any atom is 0.339 e. The van der Waals surface area contributed by atoms with E-state index in [-0.39, 0.29) is 5.56 Å². The van der Waals surface area contributed by atoms with Gasteiger partial charge in [0.15, 0.2) is 0 Å². The fourth-order valence-electron chi connectivity index (χ4n) is 2.15. The Morgan fingerprint density at radius 1 is 1.38 bits per heavy atom. The van der Waals surface area contributed by atoms with Crippen molar-refractivity contribution in [3.63, 3.8) is 0 Å². The van der Waals surface area contributed by atoms with Crippen LogP contribution in [-0.2, 0) is 12.8 Å². The van der Waals surface area contributed by atoms with Gasteiger partial charge in [-0.25, -0.2) is 4.79 Å². The largest absolute Gasteiger partial charge is 0.478 e. The fourth-order valence-corrected chi connectivity index (χ4v) is 2.15. The van der Waals surface area contributed by atoms with Crippen molar-refractivity contribution < 1.29 is 9.90 Å². The van der Waals surface area contributed by atoms with Crippen LogP contribution in [0.25, 0.3) is 11.4 Å². The molecule has 6 heteroatoms. The van der Waals surface area contributed by atoms with Gasteiger partial charge >= 0.3 is 5.97 Å². The highest BCUT2D eigenvalue weighted by atomic mass is 16.4. The summed E-state index contributed by atoms with van der Waals surface area (Å²) < 4.78 is 0. The number of hydrogen-bond donors (Lipinski definition) is 3. The van der Waals surface area contributed by atoms with Crippen LogP contribution in [0.15, 0.2) is 6.20 Å². The van der Waals surface area contributed by atoms with Crippen LogP contribution in [0.3, 0.4) is 0 Å². The number of hydrogen-bond acceptors (Lipinski definition) is 3. The lowest BCUT2D eigenvalue weighted by Crippen LogP contribution is -1.98. The predicted molar refractivity (Wildman–Crippen MR) is 55.2 cm³/mol. The van der Waals surface area contributed by atoms with E-state index in [1.165, 1.54) is 6.20 Å². The van der Waals surface area contributed by atoms with E-state index in [9.17, 15) is 4.79 Å². The Labute approximate surface area is 90.7 Å². The molecule has 2 aromatic rings. The van der Waals surface area contributed by atoms with Crippen LogP contribution in [-0.4, -0.2) is 31.5 Å². The monoisotopic (exact) mass is 218 g/mol. The molecule has 6 nitrogen and oxygen atoms in total. The van der Waals surface area contributed by atoms with Crippen molar-refractivity contribution in [3.05, 3.63) is 23.0 Å². The van der Waals surface area contributed by atoms with Gasteiger partial charge in [-0.1, -0.05) is 0 Å². The van der Waals surface area contributed by atoms with Crippen LogP contribution >= 0.6 is 0 Å². The fraction of sp³-hybridized carbons (Fsp3) is 0.300. The van der Waals surface area contributed by atoms with E-state index < -0.39 is 5.97 Å². The first-order valence-corrected chi connectivity index (χ1v) is 5.10. The van der Waals surface area contributed by atoms with E-state index in [1.54, 1.807) is 0 Å². The number of nitrogens with one attached hydrogen (secondary N) is 2. The molecule has 1 aliphatic rings. The number of carboxylic acids is 1. The average molecular weight is 218 g/mol. The van der Waals surface area contributed by atoms with Gasteiger partial charge in [-0.3, -0.25) is 10.2 Å². The van der Waals surface area contributed by atoms with Gasteiger partial charge in [0.2, 0.25) is 0 Å². The highest BCUT2D eigenvalue weighted by Gasteiger charge is 2.24. The summed E-state index contributed by atoms with van der Waals surface area (Å²) in [6, 6.07) is 0. The third-order valence-corrected chi connectivity index (χ3v) is 2.91. The van der Waals surface area contributed by atoms with Gasteiger partial charge in [0, 0.05) is 11.3 Å². The number of aryl methyl sites for hydroxylation is 1. The lowest BCUT2D eigenvalue weighted by atomic mass is 10.1. The smallest absolute Gasteiger partial charge is 0.339 e. The maximum atomic E-state index is 11.0. The first-order valence-electron chi connectivity index (χ1n) is 5.10. The number of H-pyrrole nitrogens is 2. The van der Waals surface area contributed by atoms with Crippen LogP contribution in [0.2, 0.25) is 0 Å². The van der Waals surface area contributed by atoms with Gasteiger partial charge < -0.3 is 5.11 Å².